The van der Waals surface area contributed by atoms with E-state index in [1.54, 1.807) is 6.20 Å². The fourth-order valence-electron chi connectivity index (χ4n) is 0.694. The van der Waals surface area contributed by atoms with Crippen molar-refractivity contribution in [3.8, 4) is 0 Å². The van der Waals surface area contributed by atoms with Crippen LogP contribution in [0.15, 0.2) is 23.9 Å². The van der Waals surface area contributed by atoms with E-state index in [2.05, 4.69) is 32.9 Å². The van der Waals surface area contributed by atoms with Crippen LogP contribution in [0, 0.1) is 5.92 Å². The molecule has 0 unspecified atom stereocenters. The zero-order valence-electron chi connectivity index (χ0n) is 7.09. The molecule has 0 saturated heterocycles. The van der Waals surface area contributed by atoms with Gasteiger partial charge in [-0.2, -0.15) is 0 Å². The number of hydrogen-bond donors (Lipinski definition) is 1. The highest BCUT2D eigenvalue weighted by molar-refractivity contribution is 5.18. The topological polar surface area (TPSA) is 26.0 Å². The second kappa shape index (κ2) is 5.10. The molecule has 0 rings (SSSR count). The van der Waals surface area contributed by atoms with Crippen LogP contribution in [0.3, 0.4) is 0 Å². The average Bonchev–Trinajstić information content (AvgIpc) is 1.89. The molecule has 0 bridgehead atoms. The number of rotatable bonds is 3. The molecule has 0 aliphatic carbocycles. The summed E-state index contributed by atoms with van der Waals surface area (Å²) in [4.78, 5) is 0. The maximum absolute atomic E-state index is 5.40. The van der Waals surface area contributed by atoms with Gasteiger partial charge in [0.25, 0.3) is 0 Å². The summed E-state index contributed by atoms with van der Waals surface area (Å²) in [5, 5.41) is 0. The van der Waals surface area contributed by atoms with Gasteiger partial charge in [-0.3, -0.25) is 0 Å². The Kier molecular flexibility index (Phi) is 4.73. The van der Waals surface area contributed by atoms with Crippen molar-refractivity contribution in [3.05, 3.63) is 23.9 Å². The van der Waals surface area contributed by atoms with Gasteiger partial charge in [0.15, 0.2) is 0 Å². The van der Waals surface area contributed by atoms with Crippen LogP contribution in [0.4, 0.5) is 0 Å². The lowest BCUT2D eigenvalue weighted by atomic mass is 10.0. The minimum absolute atomic E-state index is 0.535. The first-order valence-electron chi connectivity index (χ1n) is 3.80. The third kappa shape index (κ3) is 3.33. The Morgan fingerprint density at radius 2 is 2.10 bits per heavy atom. The number of nitrogens with two attached hydrogens (primary N) is 1. The molecule has 0 saturated carbocycles. The van der Waals surface area contributed by atoms with E-state index in [1.807, 2.05) is 0 Å². The average molecular weight is 139 g/mol. The van der Waals surface area contributed by atoms with Crippen molar-refractivity contribution in [1.82, 2.24) is 0 Å². The van der Waals surface area contributed by atoms with E-state index in [0.717, 1.165) is 6.42 Å². The van der Waals surface area contributed by atoms with Crippen LogP contribution >= 0.6 is 0 Å². The van der Waals surface area contributed by atoms with Gasteiger partial charge in [-0.15, -0.1) is 0 Å². The van der Waals surface area contributed by atoms with Crippen molar-refractivity contribution in [3.63, 3.8) is 0 Å². The third-order valence-corrected chi connectivity index (χ3v) is 1.41. The monoisotopic (exact) mass is 139 g/mol. The molecule has 0 aliphatic heterocycles. The van der Waals surface area contributed by atoms with E-state index in [9.17, 15) is 0 Å². The predicted molar refractivity (Wildman–Crippen MR) is 46.5 cm³/mol. The van der Waals surface area contributed by atoms with Crippen molar-refractivity contribution in [2.45, 2.75) is 27.2 Å². The molecule has 58 valence electrons. The molecule has 0 amide bonds. The summed E-state index contributed by atoms with van der Waals surface area (Å²) in [6.07, 6.45) is 6.96. The fourth-order valence-corrected chi connectivity index (χ4v) is 0.694. The van der Waals surface area contributed by atoms with Crippen LogP contribution in [0.2, 0.25) is 0 Å². The van der Waals surface area contributed by atoms with E-state index < -0.39 is 0 Å². The summed E-state index contributed by atoms with van der Waals surface area (Å²) in [6.45, 7) is 6.39. The molecule has 1 nitrogen and oxygen atoms in total. The molecule has 1 heteroatoms. The second-order valence-corrected chi connectivity index (χ2v) is 2.63. The zero-order valence-corrected chi connectivity index (χ0v) is 7.09. The van der Waals surface area contributed by atoms with Crippen molar-refractivity contribution in [2.24, 2.45) is 11.7 Å². The summed E-state index contributed by atoms with van der Waals surface area (Å²) < 4.78 is 0. The molecule has 2 N–H and O–H groups in total. The largest absolute Gasteiger partial charge is 0.404 e. The minimum atomic E-state index is 0.535. The normalized spacial score (nSPS) is 13.4. The lowest BCUT2D eigenvalue weighted by Gasteiger charge is -2.03. The summed E-state index contributed by atoms with van der Waals surface area (Å²) in [6, 6.07) is 0. The van der Waals surface area contributed by atoms with Crippen LogP contribution in [0.5, 0.6) is 0 Å². The van der Waals surface area contributed by atoms with Gasteiger partial charge in [-0.1, -0.05) is 32.9 Å². The first-order chi connectivity index (χ1) is 4.72. The summed E-state index contributed by atoms with van der Waals surface area (Å²) >= 11 is 0. The van der Waals surface area contributed by atoms with Crippen molar-refractivity contribution >= 4 is 0 Å². The minimum Gasteiger partial charge on any atom is -0.404 e. The molecule has 0 atom stereocenters. The van der Waals surface area contributed by atoms with E-state index in [-0.39, 0.29) is 0 Å². The van der Waals surface area contributed by atoms with Gasteiger partial charge in [0.2, 0.25) is 0 Å². The van der Waals surface area contributed by atoms with E-state index in [4.69, 9.17) is 5.73 Å². The fraction of sp³-hybridized carbons (Fsp3) is 0.556. The first-order valence-corrected chi connectivity index (χ1v) is 3.80. The maximum atomic E-state index is 5.40. The van der Waals surface area contributed by atoms with Crippen molar-refractivity contribution < 1.29 is 0 Å². The molecular weight excluding hydrogens is 122 g/mol. The molecule has 0 aliphatic rings. The van der Waals surface area contributed by atoms with E-state index in [1.165, 1.54) is 5.57 Å². The first kappa shape index (κ1) is 9.28. The standard InChI is InChI=1S/C9H17N/c1-4-5-6-9(7-10)8(2)3/h5-8H,4,10H2,1-3H3/b6-5-,9-7+. The predicted octanol–water partition coefficient (Wildman–Crippen LogP) is 2.45. The Labute approximate surface area is 63.6 Å². The van der Waals surface area contributed by atoms with Crippen LogP contribution in [-0.4, -0.2) is 0 Å². The summed E-state index contributed by atoms with van der Waals surface area (Å²) in [5.74, 6) is 0.535. The molecule has 0 heterocycles. The Morgan fingerprint density at radius 1 is 1.50 bits per heavy atom. The van der Waals surface area contributed by atoms with E-state index >= 15 is 0 Å². The smallest absolute Gasteiger partial charge is 0.00272 e. The van der Waals surface area contributed by atoms with Crippen molar-refractivity contribution in [2.75, 3.05) is 0 Å². The van der Waals surface area contributed by atoms with Gasteiger partial charge < -0.3 is 5.73 Å². The highest BCUT2D eigenvalue weighted by atomic mass is 14.5. The van der Waals surface area contributed by atoms with Gasteiger partial charge in [-0.05, 0) is 24.1 Å². The molecule has 0 fully saturated rings. The molecule has 0 aromatic rings. The quantitative estimate of drug-likeness (QED) is 0.597. The molecule has 0 aromatic carbocycles. The second-order valence-electron chi connectivity index (χ2n) is 2.63. The molecule has 10 heavy (non-hydrogen) atoms. The summed E-state index contributed by atoms with van der Waals surface area (Å²) in [7, 11) is 0. The molecule has 0 aromatic heterocycles. The van der Waals surface area contributed by atoms with Crippen LogP contribution in [0.25, 0.3) is 0 Å². The molecule has 0 spiro atoms. The number of hydrogen-bond acceptors (Lipinski definition) is 1. The highest BCUT2D eigenvalue weighted by Crippen LogP contribution is 2.09. The van der Waals surface area contributed by atoms with Crippen LogP contribution in [0.1, 0.15) is 27.2 Å². The Morgan fingerprint density at radius 3 is 2.40 bits per heavy atom. The van der Waals surface area contributed by atoms with Gasteiger partial charge >= 0.3 is 0 Å². The van der Waals surface area contributed by atoms with Crippen LogP contribution < -0.4 is 5.73 Å². The SMILES string of the molecule is CC/C=C\C(=C/N)C(C)C. The summed E-state index contributed by atoms with van der Waals surface area (Å²) in [5.41, 5.74) is 6.61. The van der Waals surface area contributed by atoms with Gasteiger partial charge in [0.05, 0.1) is 0 Å². The molecular formula is C9H17N. The lowest BCUT2D eigenvalue weighted by molar-refractivity contribution is 0.787. The third-order valence-electron chi connectivity index (χ3n) is 1.41. The Hall–Kier alpha value is -0.720. The maximum Gasteiger partial charge on any atom is -0.00272 e. The number of allylic oxidation sites excluding steroid dienone is 3. The van der Waals surface area contributed by atoms with Gasteiger partial charge in [0.1, 0.15) is 0 Å². The van der Waals surface area contributed by atoms with E-state index in [0.29, 0.717) is 5.92 Å². The van der Waals surface area contributed by atoms with Crippen molar-refractivity contribution in [1.29, 1.82) is 0 Å². The van der Waals surface area contributed by atoms with Gasteiger partial charge in [-0.25, -0.2) is 0 Å². The highest BCUT2D eigenvalue weighted by Gasteiger charge is 1.95. The van der Waals surface area contributed by atoms with Crippen LogP contribution in [-0.2, 0) is 0 Å². The Balaban J connectivity index is 3.98. The zero-order chi connectivity index (χ0) is 7.98. The molecule has 0 radical (unpaired) electrons. The lowest BCUT2D eigenvalue weighted by Crippen LogP contribution is -1.94. The van der Waals surface area contributed by atoms with Gasteiger partial charge in [0, 0.05) is 0 Å². The Bertz CT molecular complexity index is 132.